The van der Waals surface area contributed by atoms with Crippen molar-refractivity contribution in [3.05, 3.63) is 0 Å². The predicted molar refractivity (Wildman–Crippen MR) is 40.4 cm³/mol. The summed E-state index contributed by atoms with van der Waals surface area (Å²) in [5.41, 5.74) is 5.42. The Hall–Kier alpha value is 0.0249. The second-order valence-electron chi connectivity index (χ2n) is 3.15. The Balaban J connectivity index is 2.36. The van der Waals surface area contributed by atoms with Crippen molar-refractivity contribution in [1.82, 2.24) is 0 Å². The maximum absolute atomic E-state index is 5.76. The molecule has 0 atom stereocenters. The number of nitrogens with two attached hydrogens (primary N) is 1. The first-order chi connectivity index (χ1) is 4.21. The molecule has 0 aromatic rings. The zero-order valence-electron chi connectivity index (χ0n) is 5.90. The molecular formula is C7H14BN. The summed E-state index contributed by atoms with van der Waals surface area (Å²) in [5.74, 6) is 0. The van der Waals surface area contributed by atoms with Crippen molar-refractivity contribution in [2.45, 2.75) is 44.0 Å². The fraction of sp³-hybridized carbons (Fsp3) is 1.00. The minimum atomic E-state index is -0.337. The normalized spacial score (nSPS) is 27.2. The van der Waals surface area contributed by atoms with E-state index in [-0.39, 0.29) is 5.44 Å². The van der Waals surface area contributed by atoms with Gasteiger partial charge in [-0.25, -0.2) is 0 Å². The lowest BCUT2D eigenvalue weighted by molar-refractivity contribution is 0.519. The molecule has 1 rings (SSSR count). The summed E-state index contributed by atoms with van der Waals surface area (Å²) in [7, 11) is 5.76. The molecule has 0 aromatic carbocycles. The van der Waals surface area contributed by atoms with E-state index in [0.29, 0.717) is 0 Å². The Morgan fingerprint density at radius 1 is 1.00 bits per heavy atom. The summed E-state index contributed by atoms with van der Waals surface area (Å²) in [5, 5.41) is 0. The molecular weight excluding hydrogens is 109 g/mol. The summed E-state index contributed by atoms with van der Waals surface area (Å²) in [6, 6.07) is 0. The summed E-state index contributed by atoms with van der Waals surface area (Å²) in [6.07, 6.45) is 7.08. The monoisotopic (exact) mass is 123 g/mol. The number of hydrogen-bond donors (Lipinski definition) is 1. The topological polar surface area (TPSA) is 26.0 Å². The molecule has 0 unspecified atom stereocenters. The fourth-order valence-corrected chi connectivity index (χ4v) is 1.39. The van der Waals surface area contributed by atoms with Gasteiger partial charge in [-0.3, -0.25) is 0 Å². The van der Waals surface area contributed by atoms with Gasteiger partial charge in [0.1, 0.15) is 0 Å². The van der Waals surface area contributed by atoms with Crippen LogP contribution in [0.3, 0.4) is 0 Å². The first-order valence-corrected chi connectivity index (χ1v) is 3.78. The van der Waals surface area contributed by atoms with Gasteiger partial charge < -0.3 is 5.73 Å². The van der Waals surface area contributed by atoms with Crippen LogP contribution in [0, 0.1) is 0 Å². The first kappa shape index (κ1) is 7.14. The molecule has 2 radical (unpaired) electrons. The molecule has 1 aliphatic rings. The van der Waals surface area contributed by atoms with Crippen molar-refractivity contribution in [2.24, 2.45) is 5.73 Å². The van der Waals surface area contributed by atoms with Crippen molar-refractivity contribution in [1.29, 1.82) is 0 Å². The van der Waals surface area contributed by atoms with Gasteiger partial charge in [-0.2, -0.15) is 0 Å². The van der Waals surface area contributed by atoms with E-state index in [0.717, 1.165) is 12.8 Å². The maximum atomic E-state index is 5.76. The van der Waals surface area contributed by atoms with E-state index in [4.69, 9.17) is 13.6 Å². The van der Waals surface area contributed by atoms with Gasteiger partial charge in [-0.1, -0.05) is 25.7 Å². The quantitative estimate of drug-likeness (QED) is 0.379. The van der Waals surface area contributed by atoms with Gasteiger partial charge in [-0.15, -0.1) is 0 Å². The van der Waals surface area contributed by atoms with Crippen LogP contribution in [-0.4, -0.2) is 13.3 Å². The van der Waals surface area contributed by atoms with Crippen molar-refractivity contribution in [3.63, 3.8) is 0 Å². The van der Waals surface area contributed by atoms with Crippen molar-refractivity contribution < 1.29 is 0 Å². The summed E-state index contributed by atoms with van der Waals surface area (Å²) in [4.78, 5) is 0. The van der Waals surface area contributed by atoms with E-state index in [1.54, 1.807) is 0 Å². The van der Waals surface area contributed by atoms with Gasteiger partial charge in [-0.05, 0) is 18.3 Å². The lowest BCUT2D eigenvalue weighted by atomic mass is 9.73. The third kappa shape index (κ3) is 2.40. The molecule has 0 saturated heterocycles. The number of hydrogen-bond acceptors (Lipinski definition) is 1. The van der Waals surface area contributed by atoms with Crippen LogP contribution in [0.15, 0.2) is 0 Å². The van der Waals surface area contributed by atoms with E-state index >= 15 is 0 Å². The summed E-state index contributed by atoms with van der Waals surface area (Å²) < 4.78 is 0. The highest BCUT2D eigenvalue weighted by Crippen LogP contribution is 2.21. The average Bonchev–Trinajstić information content (AvgIpc) is 1.92. The minimum Gasteiger partial charge on any atom is -0.333 e. The Morgan fingerprint density at radius 2 is 1.44 bits per heavy atom. The molecule has 0 heterocycles. The maximum Gasteiger partial charge on any atom is 0.0950 e. The predicted octanol–water partition coefficient (Wildman–Crippen LogP) is 1.16. The Kier molecular flexibility index (Phi) is 2.17. The molecule has 1 nitrogen and oxygen atoms in total. The van der Waals surface area contributed by atoms with Crippen LogP contribution in [-0.2, 0) is 0 Å². The highest BCUT2D eigenvalue weighted by molar-refractivity contribution is 6.15. The van der Waals surface area contributed by atoms with Gasteiger partial charge in [0.05, 0.1) is 7.85 Å². The third-order valence-electron chi connectivity index (χ3n) is 2.03. The molecule has 0 aliphatic heterocycles. The highest BCUT2D eigenvalue weighted by Gasteiger charge is 2.18. The lowest BCUT2D eigenvalue weighted by Crippen LogP contribution is -2.39. The van der Waals surface area contributed by atoms with Crippen LogP contribution in [0.25, 0.3) is 0 Å². The van der Waals surface area contributed by atoms with Crippen LogP contribution in [0.4, 0.5) is 0 Å². The van der Waals surface area contributed by atoms with E-state index in [2.05, 4.69) is 0 Å². The zero-order chi connectivity index (χ0) is 6.74. The molecule has 9 heavy (non-hydrogen) atoms. The SMILES string of the molecule is [B]C1(N)CCCCCC1. The van der Waals surface area contributed by atoms with Crippen LogP contribution < -0.4 is 5.73 Å². The third-order valence-corrected chi connectivity index (χ3v) is 2.03. The molecule has 1 aliphatic carbocycles. The molecule has 1 fully saturated rings. The average molecular weight is 123 g/mol. The summed E-state index contributed by atoms with van der Waals surface area (Å²) in [6.45, 7) is 0. The van der Waals surface area contributed by atoms with Gasteiger partial charge in [0.25, 0.3) is 0 Å². The van der Waals surface area contributed by atoms with Crippen LogP contribution in [0.2, 0.25) is 0 Å². The fourth-order valence-electron chi connectivity index (χ4n) is 1.39. The van der Waals surface area contributed by atoms with Gasteiger partial charge >= 0.3 is 0 Å². The molecule has 0 bridgehead atoms. The highest BCUT2D eigenvalue weighted by atomic mass is 14.7. The molecule has 0 aromatic heterocycles. The smallest absolute Gasteiger partial charge is 0.0950 e. The molecule has 1 saturated carbocycles. The molecule has 2 N–H and O–H groups in total. The minimum absolute atomic E-state index is 0.337. The van der Waals surface area contributed by atoms with Crippen LogP contribution >= 0.6 is 0 Å². The lowest BCUT2D eigenvalue weighted by Gasteiger charge is -2.21. The second kappa shape index (κ2) is 2.74. The molecule has 50 valence electrons. The van der Waals surface area contributed by atoms with Crippen LogP contribution in [0.1, 0.15) is 38.5 Å². The molecule has 0 spiro atoms. The molecule has 2 heteroatoms. The Morgan fingerprint density at radius 3 is 1.89 bits per heavy atom. The van der Waals surface area contributed by atoms with Crippen LogP contribution in [0.5, 0.6) is 0 Å². The van der Waals surface area contributed by atoms with Gasteiger partial charge in [0.15, 0.2) is 0 Å². The standard InChI is InChI=1S/C7H14BN/c8-7(9)5-3-1-2-4-6-7/h1-6,9H2. The first-order valence-electron chi connectivity index (χ1n) is 3.78. The van der Waals surface area contributed by atoms with Gasteiger partial charge in [0.2, 0.25) is 0 Å². The number of rotatable bonds is 0. The second-order valence-corrected chi connectivity index (χ2v) is 3.15. The molecule has 0 amide bonds. The summed E-state index contributed by atoms with van der Waals surface area (Å²) >= 11 is 0. The van der Waals surface area contributed by atoms with E-state index in [1.807, 2.05) is 0 Å². The van der Waals surface area contributed by atoms with Crippen molar-refractivity contribution >= 4 is 7.85 Å². The zero-order valence-corrected chi connectivity index (χ0v) is 5.90. The van der Waals surface area contributed by atoms with E-state index in [9.17, 15) is 0 Å². The van der Waals surface area contributed by atoms with E-state index < -0.39 is 0 Å². The largest absolute Gasteiger partial charge is 0.333 e. The van der Waals surface area contributed by atoms with Crippen molar-refractivity contribution in [2.75, 3.05) is 0 Å². The van der Waals surface area contributed by atoms with Gasteiger partial charge in [0, 0.05) is 0 Å². The van der Waals surface area contributed by atoms with E-state index in [1.165, 1.54) is 25.7 Å². The Labute approximate surface area is 58.4 Å². The Bertz CT molecular complexity index is 80.9. The van der Waals surface area contributed by atoms with Crippen molar-refractivity contribution in [3.8, 4) is 0 Å².